The second kappa shape index (κ2) is 7.41. The summed E-state index contributed by atoms with van der Waals surface area (Å²) in [5.41, 5.74) is 7.08. The molecule has 0 aromatic heterocycles. The molecular weight excluding hydrogens is 250 g/mol. The zero-order valence-electron chi connectivity index (χ0n) is 12.2. The van der Waals surface area contributed by atoms with Gasteiger partial charge in [-0.05, 0) is 37.9 Å². The third kappa shape index (κ3) is 4.05. The Morgan fingerprint density at radius 2 is 2.20 bits per heavy atom. The Hall–Kier alpha value is -1.39. The lowest BCUT2D eigenvalue weighted by atomic mass is 10.1. The Bertz CT molecular complexity index is 421. The fourth-order valence-electron chi connectivity index (χ4n) is 2.85. The fourth-order valence-corrected chi connectivity index (χ4v) is 2.85. The highest BCUT2D eigenvalue weighted by atomic mass is 16.2. The van der Waals surface area contributed by atoms with E-state index in [1.165, 1.54) is 12.8 Å². The SMILES string of the molecule is CCN1CCCC1CNC(=O)[C@H](N)Cc1ccccc1. The monoisotopic (exact) mass is 275 g/mol. The van der Waals surface area contributed by atoms with E-state index in [-0.39, 0.29) is 5.91 Å². The second-order valence-electron chi connectivity index (χ2n) is 5.47. The van der Waals surface area contributed by atoms with Gasteiger partial charge in [0.05, 0.1) is 6.04 Å². The van der Waals surface area contributed by atoms with E-state index in [0.29, 0.717) is 12.5 Å². The van der Waals surface area contributed by atoms with Crippen LogP contribution in [0.4, 0.5) is 0 Å². The molecule has 0 radical (unpaired) electrons. The zero-order chi connectivity index (χ0) is 14.4. The quantitative estimate of drug-likeness (QED) is 0.819. The molecule has 2 atom stereocenters. The number of hydrogen-bond donors (Lipinski definition) is 2. The molecule has 0 bridgehead atoms. The Balaban J connectivity index is 1.77. The van der Waals surface area contributed by atoms with Crippen molar-refractivity contribution < 1.29 is 4.79 Å². The van der Waals surface area contributed by atoms with Gasteiger partial charge in [0, 0.05) is 12.6 Å². The molecule has 1 unspecified atom stereocenters. The summed E-state index contributed by atoms with van der Waals surface area (Å²) in [5, 5.41) is 3.00. The van der Waals surface area contributed by atoms with E-state index in [9.17, 15) is 4.79 Å². The Kier molecular flexibility index (Phi) is 5.56. The normalized spacial score (nSPS) is 20.8. The first kappa shape index (κ1) is 15.0. The van der Waals surface area contributed by atoms with Gasteiger partial charge in [0.25, 0.3) is 0 Å². The van der Waals surface area contributed by atoms with Crippen LogP contribution in [0.15, 0.2) is 30.3 Å². The van der Waals surface area contributed by atoms with Crippen LogP contribution in [0.5, 0.6) is 0 Å². The summed E-state index contributed by atoms with van der Waals surface area (Å²) in [6.45, 7) is 5.08. The van der Waals surface area contributed by atoms with E-state index < -0.39 is 6.04 Å². The number of rotatable bonds is 6. The van der Waals surface area contributed by atoms with E-state index in [4.69, 9.17) is 5.73 Å². The number of carbonyl (C=O) groups excluding carboxylic acids is 1. The first-order chi connectivity index (χ1) is 9.70. The highest BCUT2D eigenvalue weighted by Crippen LogP contribution is 2.15. The molecule has 1 aromatic carbocycles. The maximum absolute atomic E-state index is 12.0. The van der Waals surface area contributed by atoms with Gasteiger partial charge in [-0.3, -0.25) is 9.69 Å². The molecule has 1 aliphatic heterocycles. The first-order valence-electron chi connectivity index (χ1n) is 7.52. The summed E-state index contributed by atoms with van der Waals surface area (Å²) < 4.78 is 0. The van der Waals surface area contributed by atoms with Gasteiger partial charge in [-0.2, -0.15) is 0 Å². The molecule has 4 nitrogen and oxygen atoms in total. The maximum Gasteiger partial charge on any atom is 0.237 e. The van der Waals surface area contributed by atoms with Crippen LogP contribution in [-0.2, 0) is 11.2 Å². The van der Waals surface area contributed by atoms with Crippen molar-refractivity contribution in [1.82, 2.24) is 10.2 Å². The van der Waals surface area contributed by atoms with Crippen LogP contribution in [-0.4, -0.2) is 42.5 Å². The number of likely N-dealkylation sites (N-methyl/N-ethyl adjacent to an activating group) is 1. The van der Waals surface area contributed by atoms with Crippen LogP contribution in [0.1, 0.15) is 25.3 Å². The lowest BCUT2D eigenvalue weighted by Crippen LogP contribution is -2.47. The fraction of sp³-hybridized carbons (Fsp3) is 0.562. The Morgan fingerprint density at radius 1 is 1.45 bits per heavy atom. The molecule has 110 valence electrons. The third-order valence-electron chi connectivity index (χ3n) is 4.05. The van der Waals surface area contributed by atoms with Crippen molar-refractivity contribution in [2.45, 2.75) is 38.3 Å². The molecular formula is C16H25N3O. The second-order valence-corrected chi connectivity index (χ2v) is 5.47. The van der Waals surface area contributed by atoms with Crippen molar-refractivity contribution >= 4 is 5.91 Å². The number of benzene rings is 1. The van der Waals surface area contributed by atoms with Crippen LogP contribution in [0.25, 0.3) is 0 Å². The lowest BCUT2D eigenvalue weighted by Gasteiger charge is -2.23. The van der Waals surface area contributed by atoms with Crippen LogP contribution in [0.3, 0.4) is 0 Å². The van der Waals surface area contributed by atoms with Crippen molar-refractivity contribution in [3.8, 4) is 0 Å². The molecule has 1 aliphatic rings. The predicted molar refractivity (Wildman–Crippen MR) is 81.4 cm³/mol. The molecule has 4 heteroatoms. The molecule has 1 heterocycles. The molecule has 2 rings (SSSR count). The van der Waals surface area contributed by atoms with Crippen LogP contribution < -0.4 is 11.1 Å². The summed E-state index contributed by atoms with van der Waals surface area (Å²) in [6.07, 6.45) is 2.99. The van der Waals surface area contributed by atoms with E-state index >= 15 is 0 Å². The van der Waals surface area contributed by atoms with Gasteiger partial charge < -0.3 is 11.1 Å². The van der Waals surface area contributed by atoms with Crippen LogP contribution in [0.2, 0.25) is 0 Å². The summed E-state index contributed by atoms with van der Waals surface area (Å²) in [6, 6.07) is 9.93. The number of amides is 1. The number of hydrogen-bond acceptors (Lipinski definition) is 3. The van der Waals surface area contributed by atoms with Crippen molar-refractivity contribution in [3.63, 3.8) is 0 Å². The van der Waals surface area contributed by atoms with Gasteiger partial charge in [0.1, 0.15) is 0 Å². The summed E-state index contributed by atoms with van der Waals surface area (Å²) in [7, 11) is 0. The van der Waals surface area contributed by atoms with Crippen molar-refractivity contribution in [2.75, 3.05) is 19.6 Å². The average molecular weight is 275 g/mol. The van der Waals surface area contributed by atoms with Gasteiger partial charge in [-0.15, -0.1) is 0 Å². The molecule has 1 amide bonds. The molecule has 1 fully saturated rings. The zero-order valence-corrected chi connectivity index (χ0v) is 12.2. The number of likely N-dealkylation sites (tertiary alicyclic amines) is 1. The minimum Gasteiger partial charge on any atom is -0.353 e. The summed E-state index contributed by atoms with van der Waals surface area (Å²) in [4.78, 5) is 14.5. The highest BCUT2D eigenvalue weighted by molar-refractivity contribution is 5.81. The molecule has 20 heavy (non-hydrogen) atoms. The Morgan fingerprint density at radius 3 is 2.90 bits per heavy atom. The predicted octanol–water partition coefficient (Wildman–Crippen LogP) is 1.16. The number of nitrogens with two attached hydrogens (primary N) is 1. The topological polar surface area (TPSA) is 58.4 Å². The van der Waals surface area contributed by atoms with Gasteiger partial charge in [-0.25, -0.2) is 0 Å². The molecule has 0 spiro atoms. The van der Waals surface area contributed by atoms with Gasteiger partial charge in [-0.1, -0.05) is 37.3 Å². The number of nitrogens with zero attached hydrogens (tertiary/aromatic N) is 1. The molecule has 3 N–H and O–H groups in total. The van der Waals surface area contributed by atoms with Crippen molar-refractivity contribution in [2.24, 2.45) is 5.73 Å². The van der Waals surface area contributed by atoms with Crippen LogP contribution >= 0.6 is 0 Å². The smallest absolute Gasteiger partial charge is 0.237 e. The largest absolute Gasteiger partial charge is 0.353 e. The standard InChI is InChI=1S/C16H25N3O/c1-2-19-10-6-9-14(19)12-18-16(20)15(17)11-13-7-4-3-5-8-13/h3-5,7-8,14-15H,2,6,9-12,17H2,1H3,(H,18,20)/t14?,15-/m1/s1. The van der Waals surface area contributed by atoms with E-state index in [1.54, 1.807) is 0 Å². The van der Waals surface area contributed by atoms with Gasteiger partial charge in [0.2, 0.25) is 5.91 Å². The third-order valence-corrected chi connectivity index (χ3v) is 4.05. The molecule has 1 saturated heterocycles. The van der Waals surface area contributed by atoms with Gasteiger partial charge >= 0.3 is 0 Å². The molecule has 0 saturated carbocycles. The van der Waals surface area contributed by atoms with Gasteiger partial charge in [0.15, 0.2) is 0 Å². The Labute approximate surface area is 121 Å². The summed E-state index contributed by atoms with van der Waals surface area (Å²) in [5.74, 6) is -0.0446. The lowest BCUT2D eigenvalue weighted by molar-refractivity contribution is -0.122. The minimum absolute atomic E-state index is 0.0446. The maximum atomic E-state index is 12.0. The minimum atomic E-state index is -0.464. The number of nitrogens with one attached hydrogen (secondary N) is 1. The van der Waals surface area contributed by atoms with Crippen LogP contribution in [0, 0.1) is 0 Å². The number of carbonyl (C=O) groups is 1. The van der Waals surface area contributed by atoms with E-state index in [2.05, 4.69) is 17.1 Å². The molecule has 0 aliphatic carbocycles. The summed E-state index contributed by atoms with van der Waals surface area (Å²) >= 11 is 0. The first-order valence-corrected chi connectivity index (χ1v) is 7.52. The van der Waals surface area contributed by atoms with E-state index in [0.717, 1.165) is 25.2 Å². The van der Waals surface area contributed by atoms with Crippen molar-refractivity contribution in [3.05, 3.63) is 35.9 Å². The highest BCUT2D eigenvalue weighted by Gasteiger charge is 2.24. The average Bonchev–Trinajstić information content (AvgIpc) is 2.93. The van der Waals surface area contributed by atoms with Crippen molar-refractivity contribution in [1.29, 1.82) is 0 Å². The molecule has 1 aromatic rings. The van der Waals surface area contributed by atoms with E-state index in [1.807, 2.05) is 30.3 Å².